The van der Waals surface area contributed by atoms with Crippen LogP contribution in [0.15, 0.2) is 42.5 Å². The van der Waals surface area contributed by atoms with Gasteiger partial charge in [0.15, 0.2) is 6.61 Å². The highest BCUT2D eigenvalue weighted by Gasteiger charge is 2.37. The third-order valence-electron chi connectivity index (χ3n) is 6.50. The quantitative estimate of drug-likeness (QED) is 0.627. The number of anilines is 1. The smallest absolute Gasteiger partial charge is 0.422 e. The second-order valence-electron chi connectivity index (χ2n) is 9.02. The van der Waals surface area contributed by atoms with E-state index < -0.39 is 18.7 Å². The summed E-state index contributed by atoms with van der Waals surface area (Å²) >= 11 is 6.29. The van der Waals surface area contributed by atoms with Gasteiger partial charge in [0, 0.05) is 31.4 Å². The van der Waals surface area contributed by atoms with Crippen LogP contribution in [0.4, 0.5) is 23.7 Å². The first-order chi connectivity index (χ1) is 17.1. The zero-order valence-corrected chi connectivity index (χ0v) is 20.4. The van der Waals surface area contributed by atoms with E-state index >= 15 is 0 Å². The number of carbonyl (C=O) groups is 2. The number of benzene rings is 2. The molecule has 0 radical (unpaired) electrons. The van der Waals surface area contributed by atoms with Gasteiger partial charge in [-0.25, -0.2) is 4.79 Å². The fourth-order valence-electron chi connectivity index (χ4n) is 4.67. The minimum Gasteiger partial charge on any atom is -0.484 e. The molecule has 2 heterocycles. The molecular formula is C25H27ClF3N3O4. The van der Waals surface area contributed by atoms with Crippen molar-refractivity contribution in [3.05, 3.63) is 58.6 Å². The third kappa shape index (κ3) is 5.54. The van der Waals surface area contributed by atoms with Crippen LogP contribution in [0, 0.1) is 0 Å². The maximum absolute atomic E-state index is 13.6. The first-order valence-electron chi connectivity index (χ1n) is 11.7. The first kappa shape index (κ1) is 26.1. The summed E-state index contributed by atoms with van der Waals surface area (Å²) in [6.45, 7) is 1.32. The van der Waals surface area contributed by atoms with E-state index in [2.05, 4.69) is 0 Å². The minimum atomic E-state index is -4.50. The van der Waals surface area contributed by atoms with Crippen molar-refractivity contribution in [3.8, 4) is 5.75 Å². The summed E-state index contributed by atoms with van der Waals surface area (Å²) in [6.07, 6.45) is -2.93. The zero-order chi connectivity index (χ0) is 26.0. The number of hydrogen-bond donors (Lipinski definition) is 1. The van der Waals surface area contributed by atoms with Gasteiger partial charge in [-0.1, -0.05) is 29.8 Å². The van der Waals surface area contributed by atoms with Crippen LogP contribution in [0.25, 0.3) is 0 Å². The molecule has 0 aliphatic carbocycles. The van der Waals surface area contributed by atoms with Crippen LogP contribution in [0.5, 0.6) is 5.75 Å². The lowest BCUT2D eigenvalue weighted by atomic mass is 10.1. The second kappa shape index (κ2) is 10.6. The highest BCUT2D eigenvalue weighted by Crippen LogP contribution is 2.32. The standard InChI is InChI=1S/C25H27ClF3N3O4/c1-16-12-32(23(34)20-9-8-19(11-21(20)26)36-15-25(27,28)29)22-7-3-2-5-17(22)13-31(16)24(35)30-10-4-6-18(30)14-33/h2-3,5,7-9,11,16,18,33H,4,6,10,12-15H2,1H3. The summed E-state index contributed by atoms with van der Waals surface area (Å²) in [6, 6.07) is 10.3. The first-order valence-corrected chi connectivity index (χ1v) is 12.0. The van der Waals surface area contributed by atoms with Crippen molar-refractivity contribution in [1.82, 2.24) is 9.80 Å². The summed E-state index contributed by atoms with van der Waals surface area (Å²) in [5.74, 6) is -0.537. The highest BCUT2D eigenvalue weighted by molar-refractivity contribution is 6.34. The topological polar surface area (TPSA) is 73.3 Å². The Balaban J connectivity index is 1.60. The van der Waals surface area contributed by atoms with Crippen LogP contribution in [-0.4, -0.2) is 71.4 Å². The third-order valence-corrected chi connectivity index (χ3v) is 6.81. The van der Waals surface area contributed by atoms with Crippen molar-refractivity contribution in [2.75, 3.05) is 31.2 Å². The molecule has 0 aromatic heterocycles. The molecule has 3 amide bonds. The highest BCUT2D eigenvalue weighted by atomic mass is 35.5. The molecule has 2 unspecified atom stereocenters. The Morgan fingerprint density at radius 1 is 1.17 bits per heavy atom. The molecule has 4 rings (SSSR count). The Bertz CT molecular complexity index is 1130. The Morgan fingerprint density at radius 3 is 2.61 bits per heavy atom. The molecule has 1 N–H and O–H groups in total. The van der Waals surface area contributed by atoms with Gasteiger partial charge in [0.25, 0.3) is 5.91 Å². The molecule has 0 spiro atoms. The maximum Gasteiger partial charge on any atom is 0.422 e. The lowest BCUT2D eigenvalue weighted by Gasteiger charge is -2.34. The molecule has 2 aliphatic rings. The van der Waals surface area contributed by atoms with Crippen LogP contribution in [0.1, 0.15) is 35.7 Å². The van der Waals surface area contributed by atoms with Gasteiger partial charge in [0.05, 0.1) is 23.2 Å². The molecule has 7 nitrogen and oxygen atoms in total. The Labute approximate surface area is 212 Å². The largest absolute Gasteiger partial charge is 0.484 e. The molecule has 194 valence electrons. The van der Waals surface area contributed by atoms with E-state index in [-0.39, 0.29) is 54.1 Å². The fraction of sp³-hybridized carbons (Fsp3) is 0.440. The van der Waals surface area contributed by atoms with Gasteiger partial charge in [-0.05, 0) is 49.6 Å². The van der Waals surface area contributed by atoms with Crippen molar-refractivity contribution in [2.24, 2.45) is 0 Å². The van der Waals surface area contributed by atoms with E-state index in [1.165, 1.54) is 23.1 Å². The van der Waals surface area contributed by atoms with E-state index in [9.17, 15) is 27.9 Å². The number of hydrogen-bond acceptors (Lipinski definition) is 4. The number of nitrogens with zero attached hydrogens (tertiary/aromatic N) is 3. The molecule has 2 aliphatic heterocycles. The lowest BCUT2D eigenvalue weighted by Crippen LogP contribution is -2.51. The molecule has 2 aromatic carbocycles. The zero-order valence-electron chi connectivity index (χ0n) is 19.7. The molecular weight excluding hydrogens is 499 g/mol. The predicted octanol–water partition coefficient (Wildman–Crippen LogP) is 4.71. The van der Waals surface area contributed by atoms with Gasteiger partial charge < -0.3 is 24.5 Å². The molecule has 11 heteroatoms. The Hall–Kier alpha value is -2.98. The molecule has 36 heavy (non-hydrogen) atoms. The van der Waals surface area contributed by atoms with E-state index in [1.807, 2.05) is 19.1 Å². The van der Waals surface area contributed by atoms with E-state index in [1.54, 1.807) is 21.9 Å². The number of para-hydroxylation sites is 1. The number of ether oxygens (including phenoxy) is 1. The number of alkyl halides is 3. The number of likely N-dealkylation sites (tertiary alicyclic amines) is 1. The van der Waals surface area contributed by atoms with Crippen LogP contribution >= 0.6 is 11.6 Å². The second-order valence-corrected chi connectivity index (χ2v) is 9.43. The molecule has 2 aromatic rings. The Morgan fingerprint density at radius 2 is 1.92 bits per heavy atom. The van der Waals surface area contributed by atoms with Crippen LogP contribution in [0.3, 0.4) is 0 Å². The summed E-state index contributed by atoms with van der Waals surface area (Å²) in [5.41, 5.74) is 1.50. The molecule has 1 fully saturated rings. The molecule has 0 saturated carbocycles. The number of aliphatic hydroxyl groups is 1. The predicted molar refractivity (Wildman–Crippen MR) is 128 cm³/mol. The van der Waals surface area contributed by atoms with E-state index in [0.29, 0.717) is 12.2 Å². The van der Waals surface area contributed by atoms with Crippen molar-refractivity contribution in [1.29, 1.82) is 0 Å². The van der Waals surface area contributed by atoms with E-state index in [4.69, 9.17) is 16.3 Å². The average Bonchev–Trinajstić information content (AvgIpc) is 3.27. The number of amides is 3. The maximum atomic E-state index is 13.6. The SMILES string of the molecule is CC1CN(C(=O)c2ccc(OCC(F)(F)F)cc2Cl)c2ccccc2CN1C(=O)N1CCCC1CO. The number of halogens is 4. The summed E-state index contributed by atoms with van der Waals surface area (Å²) < 4.78 is 42.2. The summed E-state index contributed by atoms with van der Waals surface area (Å²) in [7, 11) is 0. The van der Waals surface area contributed by atoms with Crippen molar-refractivity contribution in [2.45, 2.75) is 44.6 Å². The number of aliphatic hydroxyl groups excluding tert-OH is 1. The van der Waals surface area contributed by atoms with Crippen LogP contribution in [0.2, 0.25) is 5.02 Å². The minimum absolute atomic E-state index is 0.0372. The molecule has 2 atom stereocenters. The van der Waals surface area contributed by atoms with Crippen LogP contribution in [-0.2, 0) is 6.54 Å². The Kier molecular flexibility index (Phi) is 7.65. The average molecular weight is 526 g/mol. The number of urea groups is 1. The monoisotopic (exact) mass is 525 g/mol. The number of carbonyl (C=O) groups excluding carboxylic acids is 2. The molecule has 0 bridgehead atoms. The van der Waals surface area contributed by atoms with Gasteiger partial charge >= 0.3 is 12.2 Å². The summed E-state index contributed by atoms with van der Waals surface area (Å²) in [4.78, 5) is 32.0. The summed E-state index contributed by atoms with van der Waals surface area (Å²) in [5, 5.41) is 9.64. The molecule has 1 saturated heterocycles. The van der Waals surface area contributed by atoms with Crippen molar-refractivity contribution >= 4 is 29.2 Å². The van der Waals surface area contributed by atoms with Gasteiger partial charge in [0.1, 0.15) is 5.75 Å². The number of fused-ring (bicyclic) bond motifs is 1. The van der Waals surface area contributed by atoms with Gasteiger partial charge in [-0.2, -0.15) is 13.2 Å². The van der Waals surface area contributed by atoms with Gasteiger partial charge in [-0.15, -0.1) is 0 Å². The van der Waals surface area contributed by atoms with Crippen LogP contribution < -0.4 is 9.64 Å². The van der Waals surface area contributed by atoms with Crippen molar-refractivity contribution < 1.29 is 32.6 Å². The van der Waals surface area contributed by atoms with Gasteiger partial charge in [-0.3, -0.25) is 4.79 Å². The van der Waals surface area contributed by atoms with E-state index in [0.717, 1.165) is 18.4 Å². The normalized spacial score (nSPS) is 20.2. The van der Waals surface area contributed by atoms with Crippen molar-refractivity contribution in [3.63, 3.8) is 0 Å². The van der Waals surface area contributed by atoms with Gasteiger partial charge in [0.2, 0.25) is 0 Å². The lowest BCUT2D eigenvalue weighted by molar-refractivity contribution is -0.153. The fourth-order valence-corrected chi connectivity index (χ4v) is 4.92. The number of rotatable bonds is 4.